The van der Waals surface area contributed by atoms with Crippen LogP contribution in [-0.2, 0) is 4.74 Å². The fourth-order valence-electron chi connectivity index (χ4n) is 1.40. The van der Waals surface area contributed by atoms with Gasteiger partial charge in [0, 0.05) is 26.2 Å². The Morgan fingerprint density at radius 2 is 2.23 bits per heavy atom. The summed E-state index contributed by atoms with van der Waals surface area (Å²) in [7, 11) is 1.67. The SMILES string of the molecule is COCCN(CC(O)CO)C1CC1. The van der Waals surface area contributed by atoms with Crippen LogP contribution >= 0.6 is 0 Å². The van der Waals surface area contributed by atoms with Gasteiger partial charge in [-0.15, -0.1) is 0 Å². The van der Waals surface area contributed by atoms with Crippen LogP contribution in [0.3, 0.4) is 0 Å². The molecule has 0 saturated heterocycles. The molecule has 1 aliphatic carbocycles. The molecule has 0 heterocycles. The van der Waals surface area contributed by atoms with E-state index in [-0.39, 0.29) is 6.61 Å². The summed E-state index contributed by atoms with van der Waals surface area (Å²) in [6, 6.07) is 0.608. The Hall–Kier alpha value is -0.160. The highest BCUT2D eigenvalue weighted by Crippen LogP contribution is 2.26. The molecule has 1 saturated carbocycles. The second-order valence-electron chi connectivity index (χ2n) is 3.56. The zero-order chi connectivity index (χ0) is 9.68. The van der Waals surface area contributed by atoms with Gasteiger partial charge in [0.05, 0.1) is 19.3 Å². The van der Waals surface area contributed by atoms with Crippen molar-refractivity contribution >= 4 is 0 Å². The lowest BCUT2D eigenvalue weighted by Gasteiger charge is -2.23. The fourth-order valence-corrected chi connectivity index (χ4v) is 1.40. The number of aliphatic hydroxyl groups is 2. The molecule has 1 atom stereocenters. The summed E-state index contributed by atoms with van der Waals surface area (Å²) in [6.07, 6.45) is 1.81. The van der Waals surface area contributed by atoms with Crippen LogP contribution in [0.2, 0.25) is 0 Å². The first-order valence-corrected chi connectivity index (χ1v) is 4.79. The molecule has 0 bridgehead atoms. The molecule has 13 heavy (non-hydrogen) atoms. The van der Waals surface area contributed by atoms with Gasteiger partial charge in [-0.25, -0.2) is 0 Å². The van der Waals surface area contributed by atoms with Crippen LogP contribution in [-0.4, -0.2) is 60.7 Å². The van der Waals surface area contributed by atoms with E-state index in [0.29, 0.717) is 19.2 Å². The number of nitrogens with zero attached hydrogens (tertiary/aromatic N) is 1. The van der Waals surface area contributed by atoms with E-state index < -0.39 is 6.10 Å². The lowest BCUT2D eigenvalue weighted by atomic mass is 10.3. The maximum absolute atomic E-state index is 9.27. The van der Waals surface area contributed by atoms with Crippen LogP contribution in [0.5, 0.6) is 0 Å². The Morgan fingerprint density at radius 3 is 2.69 bits per heavy atom. The second kappa shape index (κ2) is 5.54. The summed E-state index contributed by atoms with van der Waals surface area (Å²) in [6.45, 7) is 1.94. The van der Waals surface area contributed by atoms with Gasteiger partial charge in [0.15, 0.2) is 0 Å². The van der Waals surface area contributed by atoms with Crippen molar-refractivity contribution in [3.8, 4) is 0 Å². The number of rotatable bonds is 7. The third kappa shape index (κ3) is 4.04. The number of methoxy groups -OCH3 is 1. The highest BCUT2D eigenvalue weighted by molar-refractivity contribution is 4.85. The summed E-state index contributed by atoms with van der Waals surface area (Å²) in [5, 5.41) is 18.0. The Labute approximate surface area is 79.1 Å². The molecule has 1 aliphatic rings. The lowest BCUT2D eigenvalue weighted by molar-refractivity contribution is 0.0467. The normalized spacial score (nSPS) is 19.4. The van der Waals surface area contributed by atoms with Gasteiger partial charge >= 0.3 is 0 Å². The van der Waals surface area contributed by atoms with Crippen LogP contribution in [0.25, 0.3) is 0 Å². The van der Waals surface area contributed by atoms with Gasteiger partial charge < -0.3 is 14.9 Å². The van der Waals surface area contributed by atoms with Crippen LogP contribution < -0.4 is 0 Å². The van der Waals surface area contributed by atoms with Gasteiger partial charge in [-0.05, 0) is 12.8 Å². The smallest absolute Gasteiger partial charge is 0.0897 e. The second-order valence-corrected chi connectivity index (χ2v) is 3.56. The van der Waals surface area contributed by atoms with Crippen LogP contribution in [0.15, 0.2) is 0 Å². The first kappa shape index (κ1) is 10.9. The third-order valence-electron chi connectivity index (χ3n) is 2.30. The van der Waals surface area contributed by atoms with Crippen molar-refractivity contribution in [2.75, 3.05) is 33.4 Å². The molecule has 1 rings (SSSR count). The topological polar surface area (TPSA) is 52.9 Å². The third-order valence-corrected chi connectivity index (χ3v) is 2.30. The summed E-state index contributed by atoms with van der Waals surface area (Å²) in [5.74, 6) is 0. The van der Waals surface area contributed by atoms with Gasteiger partial charge in [-0.2, -0.15) is 0 Å². The van der Waals surface area contributed by atoms with Crippen molar-refractivity contribution in [1.29, 1.82) is 0 Å². The summed E-state index contributed by atoms with van der Waals surface area (Å²) in [4.78, 5) is 2.18. The fraction of sp³-hybridized carbons (Fsp3) is 1.00. The van der Waals surface area contributed by atoms with Gasteiger partial charge in [-0.3, -0.25) is 4.90 Å². The minimum Gasteiger partial charge on any atom is -0.394 e. The molecule has 0 aromatic heterocycles. The number of ether oxygens (including phenoxy) is 1. The van der Waals surface area contributed by atoms with Crippen LogP contribution in [0.1, 0.15) is 12.8 Å². The molecule has 4 heteroatoms. The quantitative estimate of drug-likeness (QED) is 0.564. The maximum Gasteiger partial charge on any atom is 0.0897 e. The lowest BCUT2D eigenvalue weighted by Crippen LogP contribution is -2.37. The Kier molecular flexibility index (Phi) is 4.66. The molecule has 2 N–H and O–H groups in total. The zero-order valence-electron chi connectivity index (χ0n) is 8.15. The molecule has 4 nitrogen and oxygen atoms in total. The molecule has 78 valence electrons. The van der Waals surface area contributed by atoms with Crippen molar-refractivity contribution < 1.29 is 14.9 Å². The van der Waals surface area contributed by atoms with E-state index >= 15 is 0 Å². The standard InChI is InChI=1S/C9H19NO3/c1-13-5-4-10(8-2-3-8)6-9(12)7-11/h8-9,11-12H,2-7H2,1H3. The minimum absolute atomic E-state index is 0.157. The predicted molar refractivity (Wildman–Crippen MR) is 49.6 cm³/mol. The Bertz CT molecular complexity index is 139. The largest absolute Gasteiger partial charge is 0.394 e. The van der Waals surface area contributed by atoms with Crippen molar-refractivity contribution in [1.82, 2.24) is 4.90 Å². The molecule has 0 radical (unpaired) electrons. The number of aliphatic hydroxyl groups excluding tert-OH is 2. The Balaban J connectivity index is 2.20. The average molecular weight is 189 g/mol. The van der Waals surface area contributed by atoms with E-state index in [9.17, 15) is 5.11 Å². The van der Waals surface area contributed by atoms with E-state index in [1.54, 1.807) is 7.11 Å². The van der Waals surface area contributed by atoms with Gasteiger partial charge in [-0.1, -0.05) is 0 Å². The highest BCUT2D eigenvalue weighted by atomic mass is 16.5. The van der Waals surface area contributed by atoms with Gasteiger partial charge in [0.25, 0.3) is 0 Å². The van der Waals surface area contributed by atoms with Crippen molar-refractivity contribution in [3.05, 3.63) is 0 Å². The molecule has 0 amide bonds. The van der Waals surface area contributed by atoms with Gasteiger partial charge in [0.2, 0.25) is 0 Å². The molecule has 0 aromatic rings. The summed E-state index contributed by atoms with van der Waals surface area (Å²) in [5.41, 5.74) is 0. The van der Waals surface area contributed by atoms with Crippen molar-refractivity contribution in [2.45, 2.75) is 25.0 Å². The van der Waals surface area contributed by atoms with Crippen molar-refractivity contribution in [2.24, 2.45) is 0 Å². The summed E-state index contributed by atoms with van der Waals surface area (Å²) < 4.78 is 4.98. The summed E-state index contributed by atoms with van der Waals surface area (Å²) >= 11 is 0. The molecular weight excluding hydrogens is 170 g/mol. The molecule has 0 aromatic carbocycles. The van der Waals surface area contributed by atoms with Crippen LogP contribution in [0, 0.1) is 0 Å². The Morgan fingerprint density at radius 1 is 1.54 bits per heavy atom. The number of hydrogen-bond acceptors (Lipinski definition) is 4. The molecule has 1 fully saturated rings. The van der Waals surface area contributed by atoms with Crippen molar-refractivity contribution in [3.63, 3.8) is 0 Å². The molecule has 0 aliphatic heterocycles. The number of hydrogen-bond donors (Lipinski definition) is 2. The van der Waals surface area contributed by atoms with E-state index in [1.165, 1.54) is 12.8 Å². The monoisotopic (exact) mass is 189 g/mol. The molecular formula is C9H19NO3. The highest BCUT2D eigenvalue weighted by Gasteiger charge is 2.29. The van der Waals surface area contributed by atoms with Crippen LogP contribution in [0.4, 0.5) is 0 Å². The van der Waals surface area contributed by atoms with E-state index in [2.05, 4.69) is 4.90 Å². The first-order valence-electron chi connectivity index (χ1n) is 4.79. The predicted octanol–water partition coefficient (Wildman–Crippen LogP) is -0.550. The zero-order valence-corrected chi connectivity index (χ0v) is 8.15. The van der Waals surface area contributed by atoms with Gasteiger partial charge in [0.1, 0.15) is 0 Å². The first-order chi connectivity index (χ1) is 6.27. The van der Waals surface area contributed by atoms with E-state index in [0.717, 1.165) is 6.54 Å². The molecule has 1 unspecified atom stereocenters. The van der Waals surface area contributed by atoms with E-state index in [1.807, 2.05) is 0 Å². The average Bonchev–Trinajstić information content (AvgIpc) is 2.94. The van der Waals surface area contributed by atoms with E-state index in [4.69, 9.17) is 9.84 Å². The maximum atomic E-state index is 9.27. The molecule has 0 spiro atoms. The minimum atomic E-state index is -0.613.